The molecule has 2 N–H and O–H groups in total. The van der Waals surface area contributed by atoms with E-state index in [0.717, 1.165) is 17.0 Å². The van der Waals surface area contributed by atoms with Gasteiger partial charge in [0.25, 0.3) is 0 Å². The van der Waals surface area contributed by atoms with Gasteiger partial charge in [-0.25, -0.2) is 0 Å². The van der Waals surface area contributed by atoms with E-state index in [2.05, 4.69) is 26.6 Å². The molecule has 2 aromatic rings. The molecule has 0 bridgehead atoms. The predicted molar refractivity (Wildman–Crippen MR) is 102 cm³/mol. The average Bonchev–Trinajstić information content (AvgIpc) is 2.58. The fourth-order valence-electron chi connectivity index (χ4n) is 2.34. The number of aromatic nitrogens is 1. The van der Waals surface area contributed by atoms with Crippen molar-refractivity contribution in [1.82, 2.24) is 15.2 Å². The van der Waals surface area contributed by atoms with Crippen LogP contribution in [-0.4, -0.2) is 42.2 Å². The predicted octanol–water partition coefficient (Wildman–Crippen LogP) is 3.07. The number of likely N-dealkylation sites (N-methyl/N-ethyl adjacent to an activating group) is 1. The molecule has 0 aliphatic carbocycles. The Balaban J connectivity index is 1.89. The number of hydrogen-bond acceptors (Lipinski definition) is 4. The molecular formula is C18H24N4OS. The lowest BCUT2D eigenvalue weighted by Gasteiger charge is -2.25. The molecule has 1 aromatic carbocycles. The fraction of sp³-hybridized carbons (Fsp3) is 0.333. The molecule has 24 heavy (non-hydrogen) atoms. The van der Waals surface area contributed by atoms with Crippen molar-refractivity contribution >= 4 is 23.0 Å². The van der Waals surface area contributed by atoms with E-state index in [0.29, 0.717) is 18.3 Å². The van der Waals surface area contributed by atoms with Crippen molar-refractivity contribution in [2.45, 2.75) is 13.0 Å². The number of hydrogen-bond donors (Lipinski definition) is 2. The van der Waals surface area contributed by atoms with Gasteiger partial charge in [0.15, 0.2) is 5.11 Å². The molecule has 0 spiro atoms. The summed E-state index contributed by atoms with van der Waals surface area (Å²) < 4.78 is 5.43. The van der Waals surface area contributed by atoms with Gasteiger partial charge in [-0.05, 0) is 69.1 Å². The number of nitrogens with one attached hydrogen (secondary N) is 2. The van der Waals surface area contributed by atoms with Gasteiger partial charge in [-0.15, -0.1) is 0 Å². The minimum Gasteiger partial charge on any atom is -0.494 e. The van der Waals surface area contributed by atoms with Crippen LogP contribution in [0.15, 0.2) is 48.8 Å². The maximum atomic E-state index is 5.43. The van der Waals surface area contributed by atoms with Crippen molar-refractivity contribution in [2.75, 3.05) is 32.6 Å². The van der Waals surface area contributed by atoms with Crippen LogP contribution in [0, 0.1) is 0 Å². The highest BCUT2D eigenvalue weighted by Gasteiger charge is 2.14. The van der Waals surface area contributed by atoms with Gasteiger partial charge in [0.1, 0.15) is 5.75 Å². The zero-order valence-corrected chi connectivity index (χ0v) is 15.1. The molecule has 0 aliphatic rings. The summed E-state index contributed by atoms with van der Waals surface area (Å²) in [7, 11) is 4.09. The third-order valence-corrected chi connectivity index (χ3v) is 3.82. The number of benzene rings is 1. The van der Waals surface area contributed by atoms with E-state index >= 15 is 0 Å². The molecule has 1 atom stereocenters. The lowest BCUT2D eigenvalue weighted by molar-refractivity contribution is 0.298. The van der Waals surface area contributed by atoms with Crippen molar-refractivity contribution in [3.63, 3.8) is 0 Å². The normalized spacial score (nSPS) is 11.8. The summed E-state index contributed by atoms with van der Waals surface area (Å²) in [5.41, 5.74) is 2.08. The number of rotatable bonds is 7. The molecule has 0 saturated carbocycles. The Kier molecular flexibility index (Phi) is 6.96. The van der Waals surface area contributed by atoms with Gasteiger partial charge in [-0.2, -0.15) is 0 Å². The molecule has 0 unspecified atom stereocenters. The van der Waals surface area contributed by atoms with Gasteiger partial charge in [0, 0.05) is 24.6 Å². The smallest absolute Gasteiger partial charge is 0.170 e. The SMILES string of the molecule is CCOc1ccc(NC(=S)NC[C@@H](c2cccnc2)N(C)C)cc1. The van der Waals surface area contributed by atoms with Gasteiger partial charge < -0.3 is 20.3 Å². The van der Waals surface area contributed by atoms with Gasteiger partial charge in [-0.3, -0.25) is 4.98 Å². The van der Waals surface area contributed by atoms with Crippen molar-refractivity contribution in [3.05, 3.63) is 54.4 Å². The first-order valence-corrected chi connectivity index (χ1v) is 8.35. The van der Waals surface area contributed by atoms with Crippen LogP contribution in [0.5, 0.6) is 5.75 Å². The van der Waals surface area contributed by atoms with Crippen LogP contribution >= 0.6 is 12.2 Å². The van der Waals surface area contributed by atoms with Gasteiger partial charge >= 0.3 is 0 Å². The van der Waals surface area contributed by atoms with E-state index in [9.17, 15) is 0 Å². The van der Waals surface area contributed by atoms with Crippen molar-refractivity contribution in [1.29, 1.82) is 0 Å². The first-order chi connectivity index (χ1) is 11.6. The number of ether oxygens (including phenoxy) is 1. The van der Waals surface area contributed by atoms with Gasteiger partial charge in [0.05, 0.1) is 12.6 Å². The van der Waals surface area contributed by atoms with Gasteiger partial charge in [0.2, 0.25) is 0 Å². The van der Waals surface area contributed by atoms with E-state index in [1.807, 2.05) is 57.5 Å². The van der Waals surface area contributed by atoms with Crippen molar-refractivity contribution < 1.29 is 4.74 Å². The average molecular weight is 344 g/mol. The first-order valence-electron chi connectivity index (χ1n) is 7.94. The zero-order valence-electron chi connectivity index (χ0n) is 14.3. The highest BCUT2D eigenvalue weighted by molar-refractivity contribution is 7.80. The maximum absolute atomic E-state index is 5.43. The maximum Gasteiger partial charge on any atom is 0.170 e. The Morgan fingerprint density at radius 3 is 2.58 bits per heavy atom. The fourth-order valence-corrected chi connectivity index (χ4v) is 2.54. The minimum absolute atomic E-state index is 0.193. The first kappa shape index (κ1) is 18.2. The lowest BCUT2D eigenvalue weighted by Crippen LogP contribution is -2.36. The van der Waals surface area contributed by atoms with Crippen LogP contribution in [-0.2, 0) is 0 Å². The molecule has 0 aliphatic heterocycles. The third kappa shape index (κ3) is 5.47. The summed E-state index contributed by atoms with van der Waals surface area (Å²) in [4.78, 5) is 6.33. The molecule has 128 valence electrons. The summed E-state index contributed by atoms with van der Waals surface area (Å²) >= 11 is 5.39. The molecule has 0 radical (unpaired) electrons. The summed E-state index contributed by atoms with van der Waals surface area (Å²) in [6.07, 6.45) is 3.66. The third-order valence-electron chi connectivity index (χ3n) is 3.57. The lowest BCUT2D eigenvalue weighted by atomic mass is 10.1. The molecule has 1 aromatic heterocycles. The van der Waals surface area contributed by atoms with Crippen molar-refractivity contribution in [2.24, 2.45) is 0 Å². The van der Waals surface area contributed by atoms with Crippen molar-refractivity contribution in [3.8, 4) is 5.75 Å². The Hall–Kier alpha value is -2.18. The van der Waals surface area contributed by atoms with E-state index in [4.69, 9.17) is 17.0 Å². The molecule has 0 amide bonds. The number of pyridine rings is 1. The summed E-state index contributed by atoms with van der Waals surface area (Å²) in [5, 5.41) is 7.05. The molecular weight excluding hydrogens is 320 g/mol. The zero-order chi connectivity index (χ0) is 17.4. The molecule has 5 nitrogen and oxygen atoms in total. The molecule has 1 heterocycles. The van der Waals surface area contributed by atoms with Crippen LogP contribution in [0.1, 0.15) is 18.5 Å². The van der Waals surface area contributed by atoms with Crippen LogP contribution in [0.25, 0.3) is 0 Å². The van der Waals surface area contributed by atoms with Crippen LogP contribution in [0.3, 0.4) is 0 Å². The largest absolute Gasteiger partial charge is 0.494 e. The van der Waals surface area contributed by atoms with Crippen LogP contribution in [0.4, 0.5) is 5.69 Å². The Labute approximate surface area is 149 Å². The minimum atomic E-state index is 0.193. The van der Waals surface area contributed by atoms with E-state index in [1.54, 1.807) is 6.20 Å². The second kappa shape index (κ2) is 9.20. The summed E-state index contributed by atoms with van der Waals surface area (Å²) in [5.74, 6) is 0.853. The highest BCUT2D eigenvalue weighted by Crippen LogP contribution is 2.17. The highest BCUT2D eigenvalue weighted by atomic mass is 32.1. The second-order valence-electron chi connectivity index (χ2n) is 5.56. The topological polar surface area (TPSA) is 49.4 Å². The van der Waals surface area contributed by atoms with Gasteiger partial charge in [-0.1, -0.05) is 6.07 Å². The van der Waals surface area contributed by atoms with E-state index in [1.165, 1.54) is 0 Å². The van der Waals surface area contributed by atoms with Crippen LogP contribution in [0.2, 0.25) is 0 Å². The molecule has 0 fully saturated rings. The summed E-state index contributed by atoms with van der Waals surface area (Å²) in [6.45, 7) is 3.32. The Morgan fingerprint density at radius 2 is 2.00 bits per heavy atom. The van der Waals surface area contributed by atoms with E-state index < -0.39 is 0 Å². The monoisotopic (exact) mass is 344 g/mol. The number of anilines is 1. The Morgan fingerprint density at radius 1 is 1.25 bits per heavy atom. The van der Waals surface area contributed by atoms with E-state index in [-0.39, 0.29) is 6.04 Å². The molecule has 2 rings (SSSR count). The number of nitrogens with zero attached hydrogens (tertiary/aromatic N) is 2. The molecule has 0 saturated heterocycles. The quantitative estimate of drug-likeness (QED) is 0.753. The Bertz CT molecular complexity index is 631. The standard InChI is InChI=1S/C18H24N4OS/c1-4-23-16-9-7-15(8-10-16)21-18(24)20-13-17(22(2)3)14-6-5-11-19-12-14/h5-12,17H,4,13H2,1-3H3,(H2,20,21,24)/t17-/m0/s1. The molecule has 6 heteroatoms. The van der Waals surface area contributed by atoms with Crippen LogP contribution < -0.4 is 15.4 Å². The second-order valence-corrected chi connectivity index (χ2v) is 5.97. The summed E-state index contributed by atoms with van der Waals surface area (Å²) in [6, 6.07) is 12.0. The number of thiocarbonyl (C=S) groups is 1.